The predicted molar refractivity (Wildman–Crippen MR) is 172 cm³/mol. The van der Waals surface area contributed by atoms with Crippen LogP contribution in [0.15, 0.2) is 40.8 Å². The smallest absolute Gasteiger partial charge is 0.338 e. The third-order valence-electron chi connectivity index (χ3n) is 8.69. The molecule has 0 unspecified atom stereocenters. The topological polar surface area (TPSA) is 71.8 Å². The summed E-state index contributed by atoms with van der Waals surface area (Å²) in [4.78, 5) is 28.8. The number of ether oxygens (including phenoxy) is 1. The Morgan fingerprint density at radius 2 is 1.76 bits per heavy atom. The molecule has 6 heteroatoms. The number of nitrogens with one attached hydrogen (secondary N) is 1. The van der Waals surface area contributed by atoms with Gasteiger partial charge in [-0.1, -0.05) is 59.4 Å². The van der Waals surface area contributed by atoms with Crippen LogP contribution in [-0.2, 0) is 24.0 Å². The quantitative estimate of drug-likeness (QED) is 0.173. The Morgan fingerprint density at radius 3 is 2.48 bits per heavy atom. The largest absolute Gasteiger partial charge is 0.462 e. The number of esters is 1. The molecular formula is C36H50N2O4. The van der Waals surface area contributed by atoms with E-state index in [4.69, 9.17) is 9.15 Å². The second kappa shape index (κ2) is 15.9. The molecule has 6 nitrogen and oxygen atoms in total. The van der Waals surface area contributed by atoms with Crippen LogP contribution in [0.25, 0.3) is 11.0 Å². The Morgan fingerprint density at radius 1 is 0.952 bits per heavy atom. The van der Waals surface area contributed by atoms with Gasteiger partial charge < -0.3 is 19.4 Å². The lowest BCUT2D eigenvalue weighted by Crippen LogP contribution is -2.27. The molecule has 1 fully saturated rings. The molecule has 1 saturated carbocycles. The molecule has 1 aromatic heterocycles. The molecule has 1 N–H and O–H groups in total. The van der Waals surface area contributed by atoms with Gasteiger partial charge in [0.05, 0.1) is 17.7 Å². The van der Waals surface area contributed by atoms with Crippen molar-refractivity contribution in [3.8, 4) is 0 Å². The van der Waals surface area contributed by atoms with E-state index in [0.29, 0.717) is 23.4 Å². The van der Waals surface area contributed by atoms with Gasteiger partial charge in [-0.3, -0.25) is 4.79 Å². The molecule has 3 aromatic rings. The fraction of sp³-hybridized carbons (Fsp3) is 0.556. The molecule has 0 aliphatic heterocycles. The molecule has 0 spiro atoms. The molecule has 1 heterocycles. The SMILES string of the molecule is CCCOC(=O)c1cc(CC)ccc1C(=O)Nc1ccc2oc(CCC)c(CCN(CC)CCCC3CCCC3)c2c1. The van der Waals surface area contributed by atoms with Gasteiger partial charge in [0, 0.05) is 29.6 Å². The minimum atomic E-state index is -0.460. The third kappa shape index (κ3) is 8.25. The number of aryl methyl sites for hydroxylation is 2. The van der Waals surface area contributed by atoms with Crippen LogP contribution in [0.3, 0.4) is 0 Å². The Labute approximate surface area is 252 Å². The van der Waals surface area contributed by atoms with Gasteiger partial charge in [-0.15, -0.1) is 0 Å². The first-order chi connectivity index (χ1) is 20.5. The molecule has 2 aromatic carbocycles. The fourth-order valence-corrected chi connectivity index (χ4v) is 6.23. The van der Waals surface area contributed by atoms with Gasteiger partial charge in [0.1, 0.15) is 11.3 Å². The van der Waals surface area contributed by atoms with E-state index in [1.165, 1.54) is 44.1 Å². The summed E-state index contributed by atoms with van der Waals surface area (Å²) in [7, 11) is 0. The van der Waals surface area contributed by atoms with Crippen LogP contribution in [-0.4, -0.2) is 43.0 Å². The van der Waals surface area contributed by atoms with Gasteiger partial charge in [0.15, 0.2) is 0 Å². The summed E-state index contributed by atoms with van der Waals surface area (Å²) < 4.78 is 11.7. The zero-order valence-electron chi connectivity index (χ0n) is 26.2. The Balaban J connectivity index is 1.50. The molecule has 0 saturated heterocycles. The number of benzene rings is 2. The summed E-state index contributed by atoms with van der Waals surface area (Å²) in [6, 6.07) is 11.2. The number of fused-ring (bicyclic) bond motifs is 1. The second-order valence-electron chi connectivity index (χ2n) is 11.8. The van der Waals surface area contributed by atoms with Gasteiger partial charge >= 0.3 is 5.97 Å². The van der Waals surface area contributed by atoms with Crippen LogP contribution < -0.4 is 5.32 Å². The highest BCUT2D eigenvalue weighted by atomic mass is 16.5. The predicted octanol–water partition coefficient (Wildman–Crippen LogP) is 8.60. The van der Waals surface area contributed by atoms with Crippen LogP contribution in [0, 0.1) is 5.92 Å². The molecule has 42 heavy (non-hydrogen) atoms. The first-order valence-electron chi connectivity index (χ1n) is 16.3. The van der Waals surface area contributed by atoms with E-state index in [2.05, 4.69) is 24.1 Å². The second-order valence-corrected chi connectivity index (χ2v) is 11.8. The maximum atomic E-state index is 13.4. The molecule has 228 valence electrons. The number of anilines is 1. The van der Waals surface area contributed by atoms with Gasteiger partial charge in [-0.2, -0.15) is 0 Å². The molecular weight excluding hydrogens is 524 g/mol. The first kappa shape index (κ1) is 31.8. The van der Waals surface area contributed by atoms with E-state index in [9.17, 15) is 9.59 Å². The average Bonchev–Trinajstić information content (AvgIpc) is 3.65. The molecule has 1 amide bonds. The van der Waals surface area contributed by atoms with E-state index >= 15 is 0 Å². The van der Waals surface area contributed by atoms with E-state index in [1.807, 2.05) is 38.1 Å². The maximum Gasteiger partial charge on any atom is 0.338 e. The van der Waals surface area contributed by atoms with Crippen molar-refractivity contribution >= 4 is 28.5 Å². The standard InChI is InChI=1S/C36H50N2O4/c1-5-12-33-29(20-22-38(8-4)21-11-15-27-13-9-10-14-27)31-25-28(17-19-34(31)42-33)37-35(39)30-18-16-26(7-3)24-32(30)36(40)41-23-6-2/h16-19,24-25,27H,5-15,20-23H2,1-4H3,(H,37,39). The number of rotatable bonds is 16. The average molecular weight is 575 g/mol. The summed E-state index contributed by atoms with van der Waals surface area (Å²) in [5, 5.41) is 4.10. The van der Waals surface area contributed by atoms with Crippen molar-refractivity contribution in [3.63, 3.8) is 0 Å². The van der Waals surface area contributed by atoms with Crippen molar-refractivity contribution in [2.75, 3.05) is 31.6 Å². The van der Waals surface area contributed by atoms with Crippen molar-refractivity contribution in [2.24, 2.45) is 5.92 Å². The number of hydrogen-bond donors (Lipinski definition) is 1. The number of carbonyl (C=O) groups excluding carboxylic acids is 2. The van der Waals surface area contributed by atoms with Crippen molar-refractivity contribution in [3.05, 3.63) is 64.4 Å². The minimum Gasteiger partial charge on any atom is -0.462 e. The Kier molecular flexibility index (Phi) is 12.1. The van der Waals surface area contributed by atoms with Gasteiger partial charge in [-0.05, 0) is 93.4 Å². The summed E-state index contributed by atoms with van der Waals surface area (Å²) >= 11 is 0. The number of hydrogen-bond acceptors (Lipinski definition) is 5. The number of amides is 1. The van der Waals surface area contributed by atoms with Crippen molar-refractivity contribution < 1.29 is 18.7 Å². The van der Waals surface area contributed by atoms with Crippen molar-refractivity contribution in [2.45, 2.75) is 98.3 Å². The number of furan rings is 1. The van der Waals surface area contributed by atoms with E-state index < -0.39 is 5.97 Å². The molecule has 4 rings (SSSR count). The highest BCUT2D eigenvalue weighted by molar-refractivity contribution is 6.11. The summed E-state index contributed by atoms with van der Waals surface area (Å²) in [5.41, 5.74) is 4.41. The Bertz CT molecular complexity index is 1320. The highest BCUT2D eigenvalue weighted by Gasteiger charge is 2.21. The zero-order valence-corrected chi connectivity index (χ0v) is 26.2. The first-order valence-corrected chi connectivity index (χ1v) is 16.3. The molecule has 0 radical (unpaired) electrons. The monoisotopic (exact) mass is 574 g/mol. The van der Waals surface area contributed by atoms with Gasteiger partial charge in [0.25, 0.3) is 5.91 Å². The Hall–Kier alpha value is -3.12. The normalized spacial score (nSPS) is 13.7. The van der Waals surface area contributed by atoms with Crippen LogP contribution in [0.2, 0.25) is 0 Å². The van der Waals surface area contributed by atoms with E-state index in [0.717, 1.165) is 79.9 Å². The van der Waals surface area contributed by atoms with Crippen LogP contribution in [0.5, 0.6) is 0 Å². The number of nitrogens with zero attached hydrogens (tertiary/aromatic N) is 1. The number of carbonyl (C=O) groups is 2. The minimum absolute atomic E-state index is 0.309. The fourth-order valence-electron chi connectivity index (χ4n) is 6.23. The van der Waals surface area contributed by atoms with Crippen LogP contribution in [0.1, 0.15) is 117 Å². The lowest BCUT2D eigenvalue weighted by molar-refractivity contribution is 0.0502. The molecule has 0 atom stereocenters. The lowest BCUT2D eigenvalue weighted by atomic mass is 10.0. The molecule has 1 aliphatic rings. The third-order valence-corrected chi connectivity index (χ3v) is 8.69. The van der Waals surface area contributed by atoms with Crippen LogP contribution in [0.4, 0.5) is 5.69 Å². The lowest BCUT2D eigenvalue weighted by Gasteiger charge is -2.21. The van der Waals surface area contributed by atoms with E-state index in [-0.39, 0.29) is 5.91 Å². The number of likely N-dealkylation sites (N-methyl/N-ethyl adjacent to an activating group) is 1. The summed E-state index contributed by atoms with van der Waals surface area (Å²) in [6.45, 7) is 11.9. The molecule has 1 aliphatic carbocycles. The van der Waals surface area contributed by atoms with Crippen molar-refractivity contribution in [1.82, 2.24) is 4.90 Å². The zero-order chi connectivity index (χ0) is 29.9. The summed E-state index contributed by atoms with van der Waals surface area (Å²) in [5.74, 6) is 1.21. The van der Waals surface area contributed by atoms with Crippen molar-refractivity contribution in [1.29, 1.82) is 0 Å². The van der Waals surface area contributed by atoms with Crippen LogP contribution >= 0.6 is 0 Å². The maximum absolute atomic E-state index is 13.4. The summed E-state index contributed by atoms with van der Waals surface area (Å²) in [6.07, 6.45) is 12.6. The molecule has 0 bridgehead atoms. The highest BCUT2D eigenvalue weighted by Crippen LogP contribution is 2.31. The van der Waals surface area contributed by atoms with E-state index in [1.54, 1.807) is 12.1 Å². The van der Waals surface area contributed by atoms with Gasteiger partial charge in [-0.25, -0.2) is 4.79 Å². The van der Waals surface area contributed by atoms with Gasteiger partial charge in [0.2, 0.25) is 0 Å².